The van der Waals surface area contributed by atoms with Gasteiger partial charge >= 0.3 is 0 Å². The molecule has 0 aliphatic heterocycles. The van der Waals surface area contributed by atoms with E-state index < -0.39 is 0 Å². The molecule has 4 aliphatic carbocycles. The van der Waals surface area contributed by atoms with Crippen LogP contribution in [0.25, 0.3) is 0 Å². The Hall–Kier alpha value is -0.630. The fraction of sp³-hybridized carbons (Fsp3) is 0.885. The van der Waals surface area contributed by atoms with E-state index in [1.165, 1.54) is 51.4 Å². The van der Waals surface area contributed by atoms with Crippen LogP contribution in [0.2, 0.25) is 0 Å². The summed E-state index contributed by atoms with van der Waals surface area (Å²) in [5, 5.41) is 17.9. The van der Waals surface area contributed by atoms with Gasteiger partial charge in [0, 0.05) is 5.71 Å². The molecule has 4 rings (SSSR count). The monoisotopic (exact) mass is 385 g/mol. The van der Waals surface area contributed by atoms with E-state index in [9.17, 15) is 5.11 Å². The molecule has 0 spiro atoms. The zero-order valence-corrected chi connectivity index (χ0v) is 18.8. The Morgan fingerprint density at radius 1 is 1.18 bits per heavy atom. The Labute approximate surface area is 173 Å². The van der Waals surface area contributed by atoms with Gasteiger partial charge in [-0.2, -0.15) is 0 Å². The smallest absolute Gasteiger partial charge is 0.0577 e. The van der Waals surface area contributed by atoms with Crippen LogP contribution >= 0.6 is 0 Å². The lowest BCUT2D eigenvalue weighted by Crippen LogP contribution is -2.50. The minimum absolute atomic E-state index is 0.0916. The third-order valence-electron chi connectivity index (χ3n) is 10.0. The maximum Gasteiger partial charge on any atom is 0.0577 e. The van der Waals surface area contributed by atoms with Crippen LogP contribution in [0.3, 0.4) is 0 Å². The number of allylic oxidation sites excluding steroid dienone is 1. The fourth-order valence-electron chi connectivity index (χ4n) is 8.51. The van der Waals surface area contributed by atoms with Crippen LogP contribution in [0.4, 0.5) is 0 Å². The van der Waals surface area contributed by atoms with Crippen LogP contribution in [-0.2, 0) is 0 Å². The van der Waals surface area contributed by atoms with Crippen molar-refractivity contribution >= 4 is 5.71 Å². The highest BCUT2D eigenvalue weighted by molar-refractivity contribution is 5.78. The van der Waals surface area contributed by atoms with Gasteiger partial charge in [0.1, 0.15) is 0 Å². The molecule has 4 aliphatic rings. The fourth-order valence-corrected chi connectivity index (χ4v) is 8.51. The van der Waals surface area contributed by atoms with Gasteiger partial charge in [0.25, 0.3) is 0 Å². The first-order valence-electron chi connectivity index (χ1n) is 12.2. The largest absolute Gasteiger partial charge is 0.393 e. The molecule has 0 heterocycles. The summed E-state index contributed by atoms with van der Waals surface area (Å²) in [7, 11) is 0. The van der Waals surface area contributed by atoms with Crippen LogP contribution in [0, 0.1) is 45.8 Å². The summed E-state index contributed by atoms with van der Waals surface area (Å²) in [6.07, 6.45) is 16.1. The molecular weight excluding hydrogens is 342 g/mol. The van der Waals surface area contributed by atoms with Crippen molar-refractivity contribution in [1.29, 1.82) is 5.41 Å². The van der Waals surface area contributed by atoms with E-state index in [2.05, 4.69) is 26.8 Å². The van der Waals surface area contributed by atoms with Gasteiger partial charge < -0.3 is 10.5 Å². The van der Waals surface area contributed by atoms with Gasteiger partial charge in [-0.15, -0.1) is 0 Å². The van der Waals surface area contributed by atoms with Gasteiger partial charge in [-0.3, -0.25) is 0 Å². The van der Waals surface area contributed by atoms with E-state index >= 15 is 0 Å². The number of hydrogen-bond donors (Lipinski definition) is 2. The highest BCUT2D eigenvalue weighted by Gasteiger charge is 2.59. The maximum atomic E-state index is 10.2. The molecule has 2 heteroatoms. The average Bonchev–Trinajstić information content (AvgIpc) is 2.99. The third-order valence-corrected chi connectivity index (χ3v) is 10.0. The summed E-state index contributed by atoms with van der Waals surface area (Å²) in [4.78, 5) is 0. The van der Waals surface area contributed by atoms with Crippen molar-refractivity contribution in [2.24, 2.45) is 40.4 Å². The van der Waals surface area contributed by atoms with Gasteiger partial charge in [-0.25, -0.2) is 0 Å². The van der Waals surface area contributed by atoms with E-state index in [1.807, 2.05) is 6.92 Å². The summed E-state index contributed by atoms with van der Waals surface area (Å²) < 4.78 is 0. The Morgan fingerprint density at radius 2 is 1.96 bits per heavy atom. The van der Waals surface area contributed by atoms with Crippen molar-refractivity contribution in [1.82, 2.24) is 0 Å². The molecule has 28 heavy (non-hydrogen) atoms. The first-order chi connectivity index (χ1) is 13.3. The molecule has 2 N–H and O–H groups in total. The van der Waals surface area contributed by atoms with Gasteiger partial charge in [0.05, 0.1) is 6.10 Å². The number of aliphatic hydroxyl groups excluding tert-OH is 1. The SMILES string of the molecule is CC(=N)CCC[C@@H](C)[C@H]1CC[C@H]2[C@@H]3CC=C4C[C@@H](O)CC[C@]4(C)[C@H]3CC[C@]12C. The van der Waals surface area contributed by atoms with Gasteiger partial charge in [0.2, 0.25) is 0 Å². The van der Waals surface area contributed by atoms with E-state index in [0.717, 1.165) is 54.6 Å². The second-order valence-electron chi connectivity index (χ2n) is 11.5. The molecule has 2 nitrogen and oxygen atoms in total. The second kappa shape index (κ2) is 7.56. The number of hydrogen-bond acceptors (Lipinski definition) is 2. The van der Waals surface area contributed by atoms with Crippen molar-refractivity contribution in [3.05, 3.63) is 11.6 Å². The topological polar surface area (TPSA) is 44.1 Å². The summed E-state index contributed by atoms with van der Waals surface area (Å²) >= 11 is 0. The number of aliphatic hydroxyl groups is 1. The Balaban J connectivity index is 1.50. The van der Waals surface area contributed by atoms with E-state index in [4.69, 9.17) is 5.41 Å². The van der Waals surface area contributed by atoms with Crippen LogP contribution in [0.1, 0.15) is 98.3 Å². The maximum absolute atomic E-state index is 10.2. The Bertz CT molecular complexity index is 638. The minimum Gasteiger partial charge on any atom is -0.393 e. The van der Waals surface area contributed by atoms with E-state index in [0.29, 0.717) is 10.8 Å². The van der Waals surface area contributed by atoms with Crippen LogP contribution in [-0.4, -0.2) is 16.9 Å². The molecule has 0 saturated heterocycles. The molecule has 0 amide bonds. The molecule has 3 fully saturated rings. The summed E-state index contributed by atoms with van der Waals surface area (Å²) in [5.74, 6) is 4.33. The Kier molecular flexibility index (Phi) is 5.57. The van der Waals surface area contributed by atoms with Gasteiger partial charge in [-0.05, 0) is 112 Å². The number of fused-ring (bicyclic) bond motifs is 5. The van der Waals surface area contributed by atoms with E-state index in [1.54, 1.807) is 5.57 Å². The highest BCUT2D eigenvalue weighted by atomic mass is 16.3. The molecule has 0 aromatic carbocycles. The summed E-state index contributed by atoms with van der Waals surface area (Å²) in [6.45, 7) is 9.65. The Morgan fingerprint density at radius 3 is 2.71 bits per heavy atom. The molecule has 0 aromatic heterocycles. The second-order valence-corrected chi connectivity index (χ2v) is 11.5. The first-order valence-corrected chi connectivity index (χ1v) is 12.2. The zero-order valence-electron chi connectivity index (χ0n) is 18.8. The van der Waals surface area contributed by atoms with Gasteiger partial charge in [-0.1, -0.05) is 38.8 Å². The van der Waals surface area contributed by atoms with Crippen LogP contribution < -0.4 is 0 Å². The van der Waals surface area contributed by atoms with Crippen molar-refractivity contribution in [3.8, 4) is 0 Å². The molecule has 0 unspecified atom stereocenters. The normalized spacial score (nSPS) is 46.2. The number of rotatable bonds is 5. The molecule has 0 radical (unpaired) electrons. The standard InChI is InChI=1S/C26H43NO/c1-17(6-5-7-18(2)27)22-10-11-23-21-9-8-19-16-20(28)12-14-25(19,3)24(21)13-15-26(22,23)4/h8,17,20-24,27-28H,5-7,9-16H2,1-4H3/t17-,20+,21+,22-,23+,24+,25+,26-/m1/s1. The predicted octanol–water partition coefficient (Wildman–Crippen LogP) is 6.77. The van der Waals surface area contributed by atoms with Crippen LogP contribution in [0.15, 0.2) is 11.6 Å². The van der Waals surface area contributed by atoms with Gasteiger partial charge in [0.15, 0.2) is 0 Å². The van der Waals surface area contributed by atoms with Crippen LogP contribution in [0.5, 0.6) is 0 Å². The number of nitrogens with one attached hydrogen (secondary N) is 1. The lowest BCUT2D eigenvalue weighted by atomic mass is 9.47. The molecule has 0 aromatic rings. The lowest BCUT2D eigenvalue weighted by Gasteiger charge is -2.58. The van der Waals surface area contributed by atoms with E-state index in [-0.39, 0.29) is 6.10 Å². The van der Waals surface area contributed by atoms with Crippen molar-refractivity contribution in [2.75, 3.05) is 0 Å². The summed E-state index contributed by atoms with van der Waals surface area (Å²) in [6, 6.07) is 0. The minimum atomic E-state index is -0.0916. The van der Waals surface area contributed by atoms with Crippen molar-refractivity contribution in [3.63, 3.8) is 0 Å². The lowest BCUT2D eigenvalue weighted by molar-refractivity contribution is -0.0572. The molecule has 8 atom stereocenters. The highest BCUT2D eigenvalue weighted by Crippen LogP contribution is 2.67. The van der Waals surface area contributed by atoms with Crippen molar-refractivity contribution in [2.45, 2.75) is 104 Å². The first kappa shape index (κ1) is 20.6. The molecule has 0 bridgehead atoms. The zero-order chi connectivity index (χ0) is 20.1. The molecule has 3 saturated carbocycles. The third kappa shape index (κ3) is 3.32. The predicted molar refractivity (Wildman–Crippen MR) is 118 cm³/mol. The van der Waals surface area contributed by atoms with Crippen molar-refractivity contribution < 1.29 is 5.11 Å². The average molecular weight is 386 g/mol. The summed E-state index contributed by atoms with van der Waals surface area (Å²) in [5.41, 5.74) is 3.35. The quantitative estimate of drug-likeness (QED) is 0.398. The molecule has 158 valence electrons. The molecular formula is C26H43NO.